The normalized spacial score (nSPS) is 17.9. The van der Waals surface area contributed by atoms with E-state index in [0.717, 1.165) is 66.9 Å². The van der Waals surface area contributed by atoms with Crippen molar-refractivity contribution in [3.05, 3.63) is 46.0 Å². The van der Waals surface area contributed by atoms with Gasteiger partial charge in [0.25, 0.3) is 0 Å². The quantitative estimate of drug-likeness (QED) is 0.742. The van der Waals surface area contributed by atoms with Gasteiger partial charge in [-0.1, -0.05) is 25.0 Å². The minimum Gasteiger partial charge on any atom is -0.335 e. The summed E-state index contributed by atoms with van der Waals surface area (Å²) in [7, 11) is 0. The van der Waals surface area contributed by atoms with Gasteiger partial charge in [-0.15, -0.1) is 11.3 Å². The van der Waals surface area contributed by atoms with Crippen LogP contribution in [0.25, 0.3) is 0 Å². The third-order valence-corrected chi connectivity index (χ3v) is 6.41. The largest absolute Gasteiger partial charge is 0.416 e. The molecule has 5 nitrogen and oxygen atoms in total. The molecule has 1 saturated carbocycles. The predicted molar refractivity (Wildman–Crippen MR) is 106 cm³/mol. The molecule has 1 fully saturated rings. The fraction of sp³-hybridized carbons (Fsp3) is 0.500. The lowest BCUT2D eigenvalue weighted by atomic mass is 10.1. The summed E-state index contributed by atoms with van der Waals surface area (Å²) in [5, 5.41) is 6.43. The number of amides is 2. The van der Waals surface area contributed by atoms with Gasteiger partial charge < -0.3 is 5.32 Å². The molecule has 0 spiro atoms. The molecule has 2 aromatic rings. The lowest BCUT2D eigenvalue weighted by Crippen LogP contribution is -2.36. The Morgan fingerprint density at radius 2 is 1.93 bits per heavy atom. The van der Waals surface area contributed by atoms with Crippen molar-refractivity contribution in [3.63, 3.8) is 0 Å². The molecule has 1 aromatic heterocycles. The van der Waals surface area contributed by atoms with Gasteiger partial charge in [-0.3, -0.25) is 10.2 Å². The first kappa shape index (κ1) is 20.2. The van der Waals surface area contributed by atoms with Crippen LogP contribution in [0, 0.1) is 0 Å². The van der Waals surface area contributed by atoms with E-state index < -0.39 is 11.7 Å². The Labute approximate surface area is 171 Å². The highest BCUT2D eigenvalue weighted by atomic mass is 32.1. The van der Waals surface area contributed by atoms with Crippen molar-refractivity contribution < 1.29 is 18.0 Å². The Kier molecular flexibility index (Phi) is 5.78. The fourth-order valence-electron chi connectivity index (χ4n) is 3.88. The maximum absolute atomic E-state index is 12.7. The molecular weight excluding hydrogens is 401 g/mol. The van der Waals surface area contributed by atoms with Crippen LogP contribution < -0.4 is 10.6 Å². The van der Waals surface area contributed by atoms with Crippen molar-refractivity contribution in [2.75, 3.05) is 11.9 Å². The zero-order valence-electron chi connectivity index (χ0n) is 15.9. The second kappa shape index (κ2) is 8.31. The summed E-state index contributed by atoms with van der Waals surface area (Å²) >= 11 is 1.47. The molecule has 0 unspecified atom stereocenters. The van der Waals surface area contributed by atoms with Gasteiger partial charge in [0.1, 0.15) is 0 Å². The van der Waals surface area contributed by atoms with E-state index in [9.17, 15) is 18.0 Å². The summed E-state index contributed by atoms with van der Waals surface area (Å²) in [6.07, 6.45) is 0.824. The molecule has 0 saturated heterocycles. The molecule has 2 amide bonds. The first-order valence-electron chi connectivity index (χ1n) is 9.81. The molecule has 29 heavy (non-hydrogen) atoms. The zero-order valence-corrected chi connectivity index (χ0v) is 16.7. The molecule has 1 aromatic carbocycles. The number of urea groups is 1. The van der Waals surface area contributed by atoms with Crippen molar-refractivity contribution in [3.8, 4) is 0 Å². The summed E-state index contributed by atoms with van der Waals surface area (Å²) in [5.74, 6) is 0. The molecule has 156 valence electrons. The van der Waals surface area contributed by atoms with Crippen LogP contribution in [0.15, 0.2) is 24.3 Å². The van der Waals surface area contributed by atoms with Gasteiger partial charge in [0, 0.05) is 37.0 Å². The standard InChI is InChI=1S/C20H23F3N4OS/c21-20(22,23)14-7-5-13(6-8-14)11-27-10-9-16-17(12-27)29-19(25-16)26-18(28)24-15-3-1-2-4-15/h5-8,15H,1-4,9-12H2,(H2,24,25,26,28). The maximum atomic E-state index is 12.7. The molecule has 1 aliphatic heterocycles. The van der Waals surface area contributed by atoms with Gasteiger partial charge in [0.2, 0.25) is 0 Å². The van der Waals surface area contributed by atoms with E-state index in [1.165, 1.54) is 23.5 Å². The van der Waals surface area contributed by atoms with Crippen LogP contribution in [-0.4, -0.2) is 28.5 Å². The van der Waals surface area contributed by atoms with E-state index >= 15 is 0 Å². The number of aromatic nitrogens is 1. The molecule has 4 rings (SSSR count). The molecule has 0 bridgehead atoms. The van der Waals surface area contributed by atoms with E-state index in [-0.39, 0.29) is 12.1 Å². The average Bonchev–Trinajstić information content (AvgIpc) is 3.30. The van der Waals surface area contributed by atoms with Crippen molar-refractivity contribution in [1.82, 2.24) is 15.2 Å². The first-order chi connectivity index (χ1) is 13.9. The predicted octanol–water partition coefficient (Wildman–Crippen LogP) is 4.78. The van der Waals surface area contributed by atoms with E-state index in [0.29, 0.717) is 18.2 Å². The number of anilines is 1. The number of carbonyl (C=O) groups excluding carboxylic acids is 1. The highest BCUT2D eigenvalue weighted by molar-refractivity contribution is 7.15. The summed E-state index contributed by atoms with van der Waals surface area (Å²) in [6.45, 7) is 2.05. The van der Waals surface area contributed by atoms with Crippen LogP contribution in [0.4, 0.5) is 23.1 Å². The van der Waals surface area contributed by atoms with Gasteiger partial charge in [-0.05, 0) is 30.5 Å². The zero-order chi connectivity index (χ0) is 20.4. The fourth-order valence-corrected chi connectivity index (χ4v) is 4.93. The van der Waals surface area contributed by atoms with Crippen molar-refractivity contribution in [2.24, 2.45) is 0 Å². The summed E-state index contributed by atoms with van der Waals surface area (Å²) < 4.78 is 38.1. The Hall–Kier alpha value is -2.13. The highest BCUT2D eigenvalue weighted by Crippen LogP contribution is 2.31. The topological polar surface area (TPSA) is 57.3 Å². The van der Waals surface area contributed by atoms with E-state index in [4.69, 9.17) is 0 Å². The first-order valence-corrected chi connectivity index (χ1v) is 10.6. The number of hydrogen-bond donors (Lipinski definition) is 2. The van der Waals surface area contributed by atoms with Gasteiger partial charge >= 0.3 is 12.2 Å². The number of carbonyl (C=O) groups is 1. The van der Waals surface area contributed by atoms with Crippen LogP contribution >= 0.6 is 11.3 Å². The van der Waals surface area contributed by atoms with Gasteiger partial charge in [0.15, 0.2) is 5.13 Å². The second-order valence-electron chi connectivity index (χ2n) is 7.62. The van der Waals surface area contributed by atoms with Gasteiger partial charge in [-0.2, -0.15) is 13.2 Å². The lowest BCUT2D eigenvalue weighted by Gasteiger charge is -2.25. The van der Waals surface area contributed by atoms with Gasteiger partial charge in [-0.25, -0.2) is 9.78 Å². The Morgan fingerprint density at radius 3 is 2.62 bits per heavy atom. The second-order valence-corrected chi connectivity index (χ2v) is 8.71. The highest BCUT2D eigenvalue weighted by Gasteiger charge is 2.30. The average molecular weight is 424 g/mol. The molecule has 2 heterocycles. The number of halogens is 3. The number of nitrogens with zero attached hydrogens (tertiary/aromatic N) is 2. The minimum absolute atomic E-state index is 0.204. The summed E-state index contributed by atoms with van der Waals surface area (Å²) in [6, 6.07) is 5.37. The third-order valence-electron chi connectivity index (χ3n) is 5.41. The maximum Gasteiger partial charge on any atom is 0.416 e. The van der Waals surface area contributed by atoms with E-state index in [2.05, 4.69) is 20.5 Å². The Balaban J connectivity index is 1.33. The molecule has 9 heteroatoms. The number of fused-ring (bicyclic) bond motifs is 1. The number of thiazole rings is 1. The van der Waals surface area contributed by atoms with Crippen molar-refractivity contribution in [1.29, 1.82) is 0 Å². The Bertz CT molecular complexity index is 860. The minimum atomic E-state index is -4.31. The number of rotatable bonds is 4. The summed E-state index contributed by atoms with van der Waals surface area (Å²) in [4.78, 5) is 20.0. The van der Waals surface area contributed by atoms with Crippen molar-refractivity contribution in [2.45, 2.75) is 57.4 Å². The van der Waals surface area contributed by atoms with Crippen LogP contribution in [0.5, 0.6) is 0 Å². The monoisotopic (exact) mass is 424 g/mol. The molecular formula is C20H23F3N4OS. The van der Waals surface area contributed by atoms with E-state index in [1.54, 1.807) is 0 Å². The third kappa shape index (κ3) is 5.08. The van der Waals surface area contributed by atoms with Crippen LogP contribution in [-0.2, 0) is 25.7 Å². The van der Waals surface area contributed by atoms with Crippen LogP contribution in [0.3, 0.4) is 0 Å². The summed E-state index contributed by atoms with van der Waals surface area (Å²) in [5.41, 5.74) is 1.21. The van der Waals surface area contributed by atoms with Crippen LogP contribution in [0.1, 0.15) is 47.4 Å². The molecule has 2 aliphatic rings. The number of alkyl halides is 3. The van der Waals surface area contributed by atoms with Crippen molar-refractivity contribution >= 4 is 22.5 Å². The smallest absolute Gasteiger partial charge is 0.335 e. The number of benzene rings is 1. The van der Waals surface area contributed by atoms with E-state index in [1.807, 2.05) is 0 Å². The molecule has 2 N–H and O–H groups in total. The lowest BCUT2D eigenvalue weighted by molar-refractivity contribution is -0.137. The SMILES string of the molecule is O=C(Nc1nc2c(s1)CN(Cc1ccc(C(F)(F)F)cc1)CC2)NC1CCCC1. The molecule has 0 radical (unpaired) electrons. The molecule has 0 atom stereocenters. The Morgan fingerprint density at radius 1 is 1.21 bits per heavy atom. The number of nitrogens with one attached hydrogen (secondary N) is 2. The van der Waals surface area contributed by atoms with Gasteiger partial charge in [0.05, 0.1) is 11.3 Å². The van der Waals surface area contributed by atoms with Crippen LogP contribution in [0.2, 0.25) is 0 Å². The molecule has 1 aliphatic carbocycles. The number of hydrogen-bond acceptors (Lipinski definition) is 4.